The minimum absolute atomic E-state index is 0.0946. The van der Waals surface area contributed by atoms with E-state index in [1.807, 2.05) is 104 Å². The molecule has 40 heavy (non-hydrogen) atoms. The molecule has 0 radical (unpaired) electrons. The molecule has 1 saturated carbocycles. The molecule has 1 fully saturated rings. The molecule has 1 N–H and O–H groups in total. The molecule has 0 bridgehead atoms. The Balaban J connectivity index is 1.44. The first-order valence-electron chi connectivity index (χ1n) is 14.4. The van der Waals surface area contributed by atoms with Crippen LogP contribution in [0.1, 0.15) is 48.8 Å². The lowest BCUT2D eigenvalue weighted by Crippen LogP contribution is -2.53. The highest BCUT2D eigenvalue weighted by atomic mass is 16.5. The van der Waals surface area contributed by atoms with Crippen molar-refractivity contribution in [3.8, 4) is 5.75 Å². The van der Waals surface area contributed by atoms with Gasteiger partial charge in [-0.3, -0.25) is 9.59 Å². The zero-order chi connectivity index (χ0) is 27.7. The van der Waals surface area contributed by atoms with E-state index in [4.69, 9.17) is 4.74 Å². The third-order valence-corrected chi connectivity index (χ3v) is 7.93. The first-order chi connectivity index (χ1) is 19.6. The van der Waals surface area contributed by atoms with E-state index in [1.165, 1.54) is 6.42 Å². The monoisotopic (exact) mass is 534 g/mol. The smallest absolute Gasteiger partial charge is 0.261 e. The predicted molar refractivity (Wildman–Crippen MR) is 160 cm³/mol. The molecule has 4 aromatic rings. The lowest BCUT2D eigenvalue weighted by atomic mass is 9.94. The van der Waals surface area contributed by atoms with Crippen molar-refractivity contribution in [2.75, 3.05) is 6.61 Å². The van der Waals surface area contributed by atoms with Crippen molar-refractivity contribution in [3.63, 3.8) is 0 Å². The van der Waals surface area contributed by atoms with E-state index in [0.29, 0.717) is 18.7 Å². The summed E-state index contributed by atoms with van der Waals surface area (Å²) in [7, 11) is 0. The van der Waals surface area contributed by atoms with Crippen LogP contribution < -0.4 is 10.1 Å². The number of hydrogen-bond acceptors (Lipinski definition) is 3. The van der Waals surface area contributed by atoms with Crippen LogP contribution in [0.3, 0.4) is 0 Å². The van der Waals surface area contributed by atoms with E-state index >= 15 is 0 Å². The molecule has 5 nitrogen and oxygen atoms in total. The quantitative estimate of drug-likeness (QED) is 0.249. The van der Waals surface area contributed by atoms with Crippen LogP contribution in [0.4, 0.5) is 0 Å². The summed E-state index contributed by atoms with van der Waals surface area (Å²) in [6, 6.07) is 31.3. The van der Waals surface area contributed by atoms with Crippen molar-refractivity contribution in [3.05, 3.63) is 114 Å². The van der Waals surface area contributed by atoms with E-state index in [2.05, 4.69) is 5.32 Å². The fourth-order valence-electron chi connectivity index (χ4n) is 5.61. The predicted octanol–water partition coefficient (Wildman–Crippen LogP) is 6.62. The van der Waals surface area contributed by atoms with Gasteiger partial charge in [0, 0.05) is 24.4 Å². The average molecular weight is 535 g/mol. The van der Waals surface area contributed by atoms with Gasteiger partial charge < -0.3 is 15.0 Å². The minimum atomic E-state index is -0.660. The molecular formula is C35H38N2O3. The highest BCUT2D eigenvalue weighted by molar-refractivity contribution is 5.90. The lowest BCUT2D eigenvalue weighted by Gasteiger charge is -2.33. The van der Waals surface area contributed by atoms with Gasteiger partial charge >= 0.3 is 0 Å². The Kier molecular flexibility index (Phi) is 9.12. The van der Waals surface area contributed by atoms with Gasteiger partial charge in [0.05, 0.1) is 0 Å². The van der Waals surface area contributed by atoms with Crippen molar-refractivity contribution < 1.29 is 14.3 Å². The molecule has 4 aromatic carbocycles. The van der Waals surface area contributed by atoms with Crippen LogP contribution in [-0.2, 0) is 22.6 Å². The zero-order valence-electron chi connectivity index (χ0n) is 23.2. The molecule has 1 aliphatic rings. The van der Waals surface area contributed by atoms with E-state index in [0.717, 1.165) is 53.1 Å². The first kappa shape index (κ1) is 27.4. The van der Waals surface area contributed by atoms with Gasteiger partial charge in [-0.15, -0.1) is 0 Å². The Morgan fingerprint density at radius 3 is 2.35 bits per heavy atom. The fraction of sp³-hybridized carbons (Fsp3) is 0.314. The summed E-state index contributed by atoms with van der Waals surface area (Å²) in [6.07, 6.45) is 5.87. The maximum Gasteiger partial charge on any atom is 0.261 e. The number of hydrogen-bond donors (Lipinski definition) is 1. The number of carbonyl (C=O) groups is 2. The molecule has 0 spiro atoms. The van der Waals surface area contributed by atoms with Crippen molar-refractivity contribution in [2.24, 2.45) is 0 Å². The maximum absolute atomic E-state index is 14.0. The summed E-state index contributed by atoms with van der Waals surface area (Å²) in [5, 5.41) is 5.31. The van der Waals surface area contributed by atoms with Gasteiger partial charge in [0.15, 0.2) is 6.61 Å². The summed E-state index contributed by atoms with van der Waals surface area (Å²) >= 11 is 0. The third-order valence-electron chi connectivity index (χ3n) is 7.93. The number of amides is 2. The summed E-state index contributed by atoms with van der Waals surface area (Å²) < 4.78 is 6.14. The Bertz CT molecular complexity index is 1420. The molecule has 0 saturated heterocycles. The van der Waals surface area contributed by atoms with Gasteiger partial charge in [0.25, 0.3) is 5.91 Å². The normalized spacial score (nSPS) is 14.4. The molecule has 0 aliphatic heterocycles. The van der Waals surface area contributed by atoms with Crippen LogP contribution >= 0.6 is 0 Å². The van der Waals surface area contributed by atoms with Crippen LogP contribution in [-0.4, -0.2) is 35.4 Å². The average Bonchev–Trinajstić information content (AvgIpc) is 2.99. The molecule has 0 aromatic heterocycles. The molecule has 206 valence electrons. The van der Waals surface area contributed by atoms with E-state index in [1.54, 1.807) is 4.90 Å². The van der Waals surface area contributed by atoms with Gasteiger partial charge in [0.2, 0.25) is 5.91 Å². The van der Waals surface area contributed by atoms with Crippen LogP contribution in [0.15, 0.2) is 97.1 Å². The highest BCUT2D eigenvalue weighted by Gasteiger charge is 2.32. The van der Waals surface area contributed by atoms with Gasteiger partial charge in [-0.2, -0.15) is 0 Å². The highest BCUT2D eigenvalue weighted by Crippen LogP contribution is 2.26. The number of nitrogens with zero attached hydrogens (tertiary/aromatic N) is 1. The standard InChI is InChI=1S/C35H38N2O3/c1-26-13-8-9-17-29(26)24-37(34(38)25-40-33-22-12-18-28-16-10-11-21-31(28)33)32(23-27-14-4-2-5-15-27)35(39)36-30-19-6-3-7-20-30/h2,4-5,8-18,21-22,30,32H,3,6-7,19-20,23-25H2,1H3,(H,36,39)/t32-/m0/s1. The Labute approximate surface area is 237 Å². The number of fused-ring (bicyclic) bond motifs is 1. The topological polar surface area (TPSA) is 58.6 Å². The Hall–Kier alpha value is -4.12. The second-order valence-electron chi connectivity index (χ2n) is 10.8. The molecule has 0 unspecified atom stereocenters. The van der Waals surface area contributed by atoms with Crippen molar-refractivity contribution in [1.29, 1.82) is 0 Å². The second kappa shape index (κ2) is 13.3. The Morgan fingerprint density at radius 2 is 1.55 bits per heavy atom. The zero-order valence-corrected chi connectivity index (χ0v) is 23.2. The summed E-state index contributed by atoms with van der Waals surface area (Å²) in [5.41, 5.74) is 3.12. The number of aryl methyl sites for hydroxylation is 1. The number of nitrogens with one attached hydrogen (secondary N) is 1. The molecule has 5 rings (SSSR count). The molecule has 1 atom stereocenters. The summed E-state index contributed by atoms with van der Waals surface area (Å²) in [6.45, 7) is 2.22. The van der Waals surface area contributed by atoms with Crippen molar-refractivity contribution in [2.45, 2.75) is 64.1 Å². The van der Waals surface area contributed by atoms with Crippen LogP contribution in [0.25, 0.3) is 10.8 Å². The number of carbonyl (C=O) groups excluding carboxylic acids is 2. The van der Waals surface area contributed by atoms with Crippen LogP contribution in [0.5, 0.6) is 5.75 Å². The maximum atomic E-state index is 14.0. The summed E-state index contributed by atoms with van der Waals surface area (Å²) in [4.78, 5) is 29.7. The number of ether oxygens (including phenoxy) is 1. The van der Waals surface area contributed by atoms with E-state index in [9.17, 15) is 9.59 Å². The number of benzene rings is 4. The van der Waals surface area contributed by atoms with Crippen molar-refractivity contribution >= 4 is 22.6 Å². The Morgan fingerprint density at radius 1 is 0.850 bits per heavy atom. The minimum Gasteiger partial charge on any atom is -0.483 e. The molecule has 5 heteroatoms. The van der Waals surface area contributed by atoms with Crippen LogP contribution in [0.2, 0.25) is 0 Å². The third kappa shape index (κ3) is 6.90. The van der Waals surface area contributed by atoms with Gasteiger partial charge in [-0.05, 0) is 47.9 Å². The number of rotatable bonds is 10. The van der Waals surface area contributed by atoms with E-state index < -0.39 is 6.04 Å². The van der Waals surface area contributed by atoms with Gasteiger partial charge in [0.1, 0.15) is 11.8 Å². The molecular weight excluding hydrogens is 496 g/mol. The molecule has 2 amide bonds. The fourth-order valence-corrected chi connectivity index (χ4v) is 5.61. The van der Waals surface area contributed by atoms with Crippen LogP contribution in [0, 0.1) is 6.92 Å². The second-order valence-corrected chi connectivity index (χ2v) is 10.8. The largest absolute Gasteiger partial charge is 0.483 e. The van der Waals surface area contributed by atoms with Gasteiger partial charge in [-0.1, -0.05) is 110 Å². The first-order valence-corrected chi connectivity index (χ1v) is 14.4. The van der Waals surface area contributed by atoms with Crippen molar-refractivity contribution in [1.82, 2.24) is 10.2 Å². The van der Waals surface area contributed by atoms with Gasteiger partial charge in [-0.25, -0.2) is 0 Å². The molecule has 1 aliphatic carbocycles. The summed E-state index contributed by atoms with van der Waals surface area (Å²) in [5.74, 6) is 0.354. The van der Waals surface area contributed by atoms with E-state index in [-0.39, 0.29) is 24.5 Å². The SMILES string of the molecule is Cc1ccccc1CN(C(=O)COc1cccc2ccccc12)[C@@H](Cc1ccccc1)C(=O)NC1CCCCC1. The lowest BCUT2D eigenvalue weighted by molar-refractivity contribution is -0.143. The molecule has 0 heterocycles.